The molecule has 0 saturated heterocycles. The third kappa shape index (κ3) is 4.78. The fraction of sp³-hybridized carbons (Fsp3) is 0.455. The Morgan fingerprint density at radius 1 is 1.18 bits per heavy atom. The van der Waals surface area contributed by atoms with E-state index in [0.717, 1.165) is 0 Å². The van der Waals surface area contributed by atoms with E-state index in [0.29, 0.717) is 5.56 Å². The molecule has 0 spiro atoms. The summed E-state index contributed by atoms with van der Waals surface area (Å²) in [6.07, 6.45) is 0. The number of phosphoric ester groups is 1. The van der Waals surface area contributed by atoms with Crippen LogP contribution in [0.15, 0.2) is 30.3 Å². The molecule has 0 saturated carbocycles. The zero-order valence-electron chi connectivity index (χ0n) is 9.84. The summed E-state index contributed by atoms with van der Waals surface area (Å²) in [5.41, 5.74) is -0.158. The molecule has 0 aliphatic carbocycles. The summed E-state index contributed by atoms with van der Waals surface area (Å²) in [6.45, 7) is 3.88. The highest BCUT2D eigenvalue weighted by atomic mass is 35.5. The van der Waals surface area contributed by atoms with Crippen LogP contribution in [0, 0.1) is 0 Å². The molecule has 0 aromatic heterocycles. The second kappa shape index (κ2) is 7.14. The number of halogens is 1. The number of hydrogen-bond acceptors (Lipinski definition) is 4. The van der Waals surface area contributed by atoms with Gasteiger partial charge in [0.15, 0.2) is 5.56 Å². The molecule has 0 fully saturated rings. The van der Waals surface area contributed by atoms with Crippen molar-refractivity contribution in [1.29, 1.82) is 0 Å². The molecule has 96 valence electrons. The molecule has 0 heterocycles. The Morgan fingerprint density at radius 3 is 2.18 bits per heavy atom. The number of phosphoric acid groups is 1. The minimum absolute atomic E-state index is 0.232. The predicted octanol–water partition coefficient (Wildman–Crippen LogP) is 4.12. The topological polar surface area (TPSA) is 44.8 Å². The normalized spacial score (nSPS) is 13.6. The smallest absolute Gasteiger partial charge is 0.287 e. The molecular formula is C11H16ClO4P. The summed E-state index contributed by atoms with van der Waals surface area (Å²) in [5.74, 6) is 0. The maximum absolute atomic E-state index is 12.0. The van der Waals surface area contributed by atoms with Crippen LogP contribution in [0.1, 0.15) is 25.0 Å². The van der Waals surface area contributed by atoms with Gasteiger partial charge in [-0.15, -0.1) is 0 Å². The van der Waals surface area contributed by atoms with Crippen LogP contribution in [0.25, 0.3) is 0 Å². The molecule has 0 radical (unpaired) electrons. The van der Waals surface area contributed by atoms with Gasteiger partial charge < -0.3 is 0 Å². The lowest BCUT2D eigenvalue weighted by Gasteiger charge is -2.19. The van der Waals surface area contributed by atoms with Gasteiger partial charge in [-0.05, 0) is 19.4 Å². The van der Waals surface area contributed by atoms with Gasteiger partial charge in [0.05, 0.1) is 13.2 Å². The minimum Gasteiger partial charge on any atom is -0.287 e. The van der Waals surface area contributed by atoms with Gasteiger partial charge in [-0.1, -0.05) is 41.9 Å². The Balaban J connectivity index is 2.71. The Kier molecular flexibility index (Phi) is 6.17. The number of hydrogen-bond donors (Lipinski definition) is 0. The molecule has 17 heavy (non-hydrogen) atoms. The van der Waals surface area contributed by atoms with Gasteiger partial charge in [0, 0.05) is 0 Å². The lowest BCUT2D eigenvalue weighted by atomic mass is 10.2. The summed E-state index contributed by atoms with van der Waals surface area (Å²) < 4.78 is 27.2. The standard InChI is InChI=1S/C11H16ClO4P/c1-3-14-17(13,15-4-2)16-11(12)10-8-6-5-7-9-10/h5-9,11H,3-4H2,1-2H3. The van der Waals surface area contributed by atoms with Crippen LogP contribution in [0.3, 0.4) is 0 Å². The summed E-state index contributed by atoms with van der Waals surface area (Å²) in [6, 6.07) is 9.05. The summed E-state index contributed by atoms with van der Waals surface area (Å²) in [4.78, 5) is 0. The highest BCUT2D eigenvalue weighted by molar-refractivity contribution is 7.48. The van der Waals surface area contributed by atoms with Gasteiger partial charge in [-0.2, -0.15) is 0 Å². The van der Waals surface area contributed by atoms with Crippen LogP contribution in [-0.4, -0.2) is 13.2 Å². The lowest BCUT2D eigenvalue weighted by molar-refractivity contribution is 0.111. The Labute approximate surface area is 106 Å². The van der Waals surface area contributed by atoms with Crippen LogP contribution in [-0.2, 0) is 18.1 Å². The van der Waals surface area contributed by atoms with Gasteiger partial charge in [0.1, 0.15) is 0 Å². The Morgan fingerprint density at radius 2 is 1.71 bits per heavy atom. The molecule has 0 N–H and O–H groups in total. The first-order valence-electron chi connectivity index (χ1n) is 5.38. The van der Waals surface area contributed by atoms with E-state index in [1.165, 1.54) is 0 Å². The van der Waals surface area contributed by atoms with Crippen molar-refractivity contribution in [3.8, 4) is 0 Å². The molecule has 1 rings (SSSR count). The summed E-state index contributed by atoms with van der Waals surface area (Å²) >= 11 is 6.01. The van der Waals surface area contributed by atoms with Gasteiger partial charge in [-0.25, -0.2) is 4.57 Å². The van der Waals surface area contributed by atoms with Crippen molar-refractivity contribution < 1.29 is 18.1 Å². The molecule has 4 nitrogen and oxygen atoms in total. The first-order chi connectivity index (χ1) is 8.11. The Hall–Kier alpha value is -0.380. The monoisotopic (exact) mass is 278 g/mol. The van der Waals surface area contributed by atoms with Crippen molar-refractivity contribution in [3.63, 3.8) is 0 Å². The van der Waals surface area contributed by atoms with Crippen LogP contribution in [0.5, 0.6) is 0 Å². The van der Waals surface area contributed by atoms with Crippen LogP contribution in [0.4, 0.5) is 0 Å². The molecular weight excluding hydrogens is 263 g/mol. The maximum Gasteiger partial charge on any atom is 0.476 e. The van der Waals surface area contributed by atoms with Gasteiger partial charge in [0.25, 0.3) is 0 Å². The molecule has 0 aliphatic rings. The third-order valence-electron chi connectivity index (χ3n) is 1.86. The zero-order valence-corrected chi connectivity index (χ0v) is 11.5. The van der Waals surface area contributed by atoms with Gasteiger partial charge in [0.2, 0.25) is 0 Å². The molecule has 1 aromatic carbocycles. The largest absolute Gasteiger partial charge is 0.476 e. The quantitative estimate of drug-likeness (QED) is 0.556. The molecule has 1 atom stereocenters. The van der Waals surface area contributed by atoms with E-state index in [-0.39, 0.29) is 13.2 Å². The number of benzene rings is 1. The maximum atomic E-state index is 12.0. The zero-order chi connectivity index (χ0) is 12.7. The first-order valence-corrected chi connectivity index (χ1v) is 7.27. The first kappa shape index (κ1) is 14.7. The molecule has 1 aromatic rings. The molecule has 0 bridgehead atoms. The number of alkyl halides is 1. The average Bonchev–Trinajstić information content (AvgIpc) is 2.30. The minimum atomic E-state index is -3.57. The van der Waals surface area contributed by atoms with Gasteiger partial charge in [-0.3, -0.25) is 13.6 Å². The van der Waals surface area contributed by atoms with Crippen molar-refractivity contribution in [2.45, 2.75) is 19.4 Å². The van der Waals surface area contributed by atoms with Crippen molar-refractivity contribution >= 4 is 19.4 Å². The fourth-order valence-electron chi connectivity index (χ4n) is 1.19. The van der Waals surface area contributed by atoms with Crippen LogP contribution in [0.2, 0.25) is 0 Å². The van der Waals surface area contributed by atoms with E-state index in [2.05, 4.69) is 0 Å². The van der Waals surface area contributed by atoms with Crippen molar-refractivity contribution in [2.24, 2.45) is 0 Å². The van der Waals surface area contributed by atoms with Crippen molar-refractivity contribution in [1.82, 2.24) is 0 Å². The molecule has 0 aliphatic heterocycles. The van der Waals surface area contributed by atoms with E-state index >= 15 is 0 Å². The van der Waals surface area contributed by atoms with Crippen molar-refractivity contribution in [3.05, 3.63) is 35.9 Å². The predicted molar refractivity (Wildman–Crippen MR) is 67.0 cm³/mol. The number of rotatable bonds is 7. The SMILES string of the molecule is CCOP(=O)(OCC)OC(Cl)c1ccccc1. The highest BCUT2D eigenvalue weighted by Crippen LogP contribution is 2.53. The van der Waals surface area contributed by atoms with Crippen LogP contribution < -0.4 is 0 Å². The summed E-state index contributed by atoms with van der Waals surface area (Å²) in [5, 5.41) is 0. The lowest BCUT2D eigenvalue weighted by Crippen LogP contribution is -2.02. The third-order valence-corrected chi connectivity index (χ3v) is 3.94. The van der Waals surface area contributed by atoms with E-state index in [4.69, 9.17) is 25.2 Å². The van der Waals surface area contributed by atoms with E-state index < -0.39 is 13.4 Å². The highest BCUT2D eigenvalue weighted by Gasteiger charge is 2.29. The average molecular weight is 279 g/mol. The molecule has 1 unspecified atom stereocenters. The fourth-order valence-corrected chi connectivity index (χ4v) is 2.81. The van der Waals surface area contributed by atoms with E-state index in [1.54, 1.807) is 26.0 Å². The summed E-state index contributed by atoms with van der Waals surface area (Å²) in [7, 11) is -3.57. The second-order valence-corrected chi connectivity index (χ2v) is 5.13. The van der Waals surface area contributed by atoms with E-state index in [9.17, 15) is 4.57 Å². The van der Waals surface area contributed by atoms with Crippen LogP contribution >= 0.6 is 19.4 Å². The molecule has 0 amide bonds. The second-order valence-electron chi connectivity index (χ2n) is 3.11. The molecule has 6 heteroatoms. The van der Waals surface area contributed by atoms with Crippen molar-refractivity contribution in [2.75, 3.05) is 13.2 Å². The van der Waals surface area contributed by atoms with E-state index in [1.807, 2.05) is 18.2 Å². The Bertz CT molecular complexity index is 361. The van der Waals surface area contributed by atoms with Gasteiger partial charge >= 0.3 is 7.82 Å².